The highest BCUT2D eigenvalue weighted by molar-refractivity contribution is 9.10. The summed E-state index contributed by atoms with van der Waals surface area (Å²) in [4.78, 5) is 13.2. The van der Waals surface area contributed by atoms with Crippen molar-refractivity contribution in [1.29, 1.82) is 0 Å². The molecule has 0 aliphatic rings. The van der Waals surface area contributed by atoms with E-state index in [9.17, 15) is 0 Å². The van der Waals surface area contributed by atoms with Gasteiger partial charge in [-0.2, -0.15) is 5.10 Å². The highest BCUT2D eigenvalue weighted by Crippen LogP contribution is 2.29. The first-order valence-corrected chi connectivity index (χ1v) is 7.86. The van der Waals surface area contributed by atoms with Gasteiger partial charge in [0.25, 0.3) is 0 Å². The molecule has 3 heterocycles. The molecule has 0 saturated carbocycles. The molecule has 3 aromatic rings. The van der Waals surface area contributed by atoms with Crippen LogP contribution in [0.25, 0.3) is 11.0 Å². The molecule has 0 fully saturated rings. The van der Waals surface area contributed by atoms with Gasteiger partial charge in [0.05, 0.1) is 17.6 Å². The summed E-state index contributed by atoms with van der Waals surface area (Å²) >= 11 is 3.53. The zero-order valence-corrected chi connectivity index (χ0v) is 14.3. The van der Waals surface area contributed by atoms with Gasteiger partial charge in [0.1, 0.15) is 16.2 Å². The van der Waals surface area contributed by atoms with Crippen LogP contribution < -0.4 is 5.73 Å². The van der Waals surface area contributed by atoms with Gasteiger partial charge in [0.15, 0.2) is 5.65 Å². The number of nitrogen functional groups attached to an aromatic ring is 1. The predicted octanol–water partition coefficient (Wildman–Crippen LogP) is 3.05. The van der Waals surface area contributed by atoms with E-state index < -0.39 is 0 Å². The van der Waals surface area contributed by atoms with E-state index in [0.717, 1.165) is 32.7 Å². The maximum absolute atomic E-state index is 5.93. The van der Waals surface area contributed by atoms with Crippen LogP contribution >= 0.6 is 15.9 Å². The number of halogens is 1. The fraction of sp³-hybridized carbons (Fsp3) is 0.333. The van der Waals surface area contributed by atoms with E-state index in [-0.39, 0.29) is 0 Å². The van der Waals surface area contributed by atoms with Gasteiger partial charge < -0.3 is 5.73 Å². The summed E-state index contributed by atoms with van der Waals surface area (Å²) < 4.78 is 2.60. The summed E-state index contributed by atoms with van der Waals surface area (Å²) in [5.41, 5.74) is 8.66. The topological polar surface area (TPSA) is 82.5 Å². The van der Waals surface area contributed by atoms with Crippen LogP contribution in [0, 0.1) is 6.92 Å². The Kier molecular flexibility index (Phi) is 3.82. The number of nitrogens with two attached hydrogens (primary N) is 1. The van der Waals surface area contributed by atoms with Crippen molar-refractivity contribution >= 4 is 32.8 Å². The molecule has 0 aliphatic carbocycles. The fourth-order valence-electron chi connectivity index (χ4n) is 2.44. The summed E-state index contributed by atoms with van der Waals surface area (Å²) in [6, 6.07) is 3.81. The molecule has 0 saturated heterocycles. The Balaban J connectivity index is 2.18. The smallest absolute Gasteiger partial charge is 0.163 e. The molecule has 0 spiro atoms. The first-order chi connectivity index (χ1) is 10.5. The zero-order chi connectivity index (χ0) is 15.9. The summed E-state index contributed by atoms with van der Waals surface area (Å²) in [5.74, 6) is 1.54. The monoisotopic (exact) mass is 360 g/mol. The predicted molar refractivity (Wildman–Crippen MR) is 89.6 cm³/mol. The molecule has 22 heavy (non-hydrogen) atoms. The van der Waals surface area contributed by atoms with E-state index in [4.69, 9.17) is 5.73 Å². The number of hydrogen-bond acceptors (Lipinski definition) is 5. The van der Waals surface area contributed by atoms with Crippen LogP contribution in [-0.4, -0.2) is 24.7 Å². The van der Waals surface area contributed by atoms with Crippen LogP contribution in [0.4, 0.5) is 5.82 Å². The molecule has 0 aromatic carbocycles. The highest BCUT2D eigenvalue weighted by atomic mass is 79.9. The van der Waals surface area contributed by atoms with Crippen molar-refractivity contribution in [3.63, 3.8) is 0 Å². The lowest BCUT2D eigenvalue weighted by Crippen LogP contribution is -2.07. The minimum absolute atomic E-state index is 0.293. The van der Waals surface area contributed by atoms with Crippen LogP contribution in [0.3, 0.4) is 0 Å². The zero-order valence-electron chi connectivity index (χ0n) is 12.7. The minimum Gasteiger partial charge on any atom is -0.383 e. The van der Waals surface area contributed by atoms with Crippen LogP contribution in [0.2, 0.25) is 0 Å². The van der Waals surface area contributed by atoms with E-state index in [1.54, 1.807) is 6.20 Å². The Bertz CT molecular complexity index is 839. The van der Waals surface area contributed by atoms with Gasteiger partial charge in [-0.15, -0.1) is 0 Å². The number of fused-ring (bicyclic) bond motifs is 1. The van der Waals surface area contributed by atoms with Crippen molar-refractivity contribution in [3.05, 3.63) is 40.0 Å². The second-order valence-electron chi connectivity index (χ2n) is 5.51. The maximum atomic E-state index is 5.93. The standard InChI is InChI=1S/C15H17BrN6/c1-8(2)12-11-13(16)21-22(15(11)20-9(3)19-12)7-10-5-4-6-18-14(10)17/h4-6,8H,7H2,1-3H3,(H2,17,18). The molecular weight excluding hydrogens is 344 g/mol. The molecule has 114 valence electrons. The first kappa shape index (κ1) is 14.9. The summed E-state index contributed by atoms with van der Waals surface area (Å²) in [5, 5.41) is 5.52. The van der Waals surface area contributed by atoms with Gasteiger partial charge in [0.2, 0.25) is 0 Å². The minimum atomic E-state index is 0.293. The lowest BCUT2D eigenvalue weighted by molar-refractivity contribution is 0.696. The normalized spacial score (nSPS) is 11.5. The third-order valence-corrected chi connectivity index (χ3v) is 4.04. The van der Waals surface area contributed by atoms with Gasteiger partial charge in [-0.05, 0) is 34.8 Å². The average molecular weight is 361 g/mol. The lowest BCUT2D eigenvalue weighted by atomic mass is 10.1. The molecule has 0 unspecified atom stereocenters. The molecule has 3 aromatic heterocycles. The SMILES string of the molecule is Cc1nc(C(C)C)c2c(Br)nn(Cc3cccnc3N)c2n1. The largest absolute Gasteiger partial charge is 0.383 e. The number of hydrogen-bond donors (Lipinski definition) is 1. The van der Waals surface area contributed by atoms with Gasteiger partial charge in [-0.3, -0.25) is 0 Å². The average Bonchev–Trinajstić information content (AvgIpc) is 2.77. The number of aromatic nitrogens is 5. The van der Waals surface area contributed by atoms with Crippen molar-refractivity contribution in [1.82, 2.24) is 24.7 Å². The third-order valence-electron chi connectivity index (χ3n) is 3.48. The fourth-order valence-corrected chi connectivity index (χ4v) is 3.01. The number of aryl methyl sites for hydroxylation is 1. The molecular formula is C15H17BrN6. The van der Waals surface area contributed by atoms with E-state index in [1.165, 1.54) is 0 Å². The Hall–Kier alpha value is -2.02. The van der Waals surface area contributed by atoms with E-state index in [1.807, 2.05) is 23.7 Å². The first-order valence-electron chi connectivity index (χ1n) is 7.07. The molecule has 6 nitrogen and oxygen atoms in total. The van der Waals surface area contributed by atoms with Crippen molar-refractivity contribution in [3.8, 4) is 0 Å². The van der Waals surface area contributed by atoms with Gasteiger partial charge in [-0.25, -0.2) is 19.6 Å². The summed E-state index contributed by atoms with van der Waals surface area (Å²) in [6.45, 7) is 6.65. The Morgan fingerprint density at radius 3 is 2.77 bits per heavy atom. The van der Waals surface area contributed by atoms with Crippen molar-refractivity contribution < 1.29 is 0 Å². The third kappa shape index (κ3) is 2.56. The molecule has 3 rings (SSSR count). The van der Waals surface area contributed by atoms with Gasteiger partial charge in [-0.1, -0.05) is 19.9 Å². The Morgan fingerprint density at radius 1 is 1.32 bits per heavy atom. The molecule has 0 bridgehead atoms. The molecule has 0 aliphatic heterocycles. The number of pyridine rings is 1. The Morgan fingerprint density at radius 2 is 2.09 bits per heavy atom. The van der Waals surface area contributed by atoms with E-state index in [0.29, 0.717) is 18.3 Å². The van der Waals surface area contributed by atoms with E-state index >= 15 is 0 Å². The second-order valence-corrected chi connectivity index (χ2v) is 6.26. The van der Waals surface area contributed by atoms with Crippen LogP contribution in [-0.2, 0) is 6.54 Å². The summed E-state index contributed by atoms with van der Waals surface area (Å²) in [6.07, 6.45) is 1.68. The quantitative estimate of drug-likeness (QED) is 0.775. The van der Waals surface area contributed by atoms with Crippen LogP contribution in [0.15, 0.2) is 22.9 Å². The molecule has 0 atom stereocenters. The van der Waals surface area contributed by atoms with Gasteiger partial charge >= 0.3 is 0 Å². The van der Waals surface area contributed by atoms with Gasteiger partial charge in [0, 0.05) is 11.8 Å². The molecule has 0 radical (unpaired) electrons. The lowest BCUT2D eigenvalue weighted by Gasteiger charge is -2.09. The molecule has 0 amide bonds. The van der Waals surface area contributed by atoms with Crippen molar-refractivity contribution in [2.75, 3.05) is 5.73 Å². The maximum Gasteiger partial charge on any atom is 0.163 e. The summed E-state index contributed by atoms with van der Waals surface area (Å²) in [7, 11) is 0. The van der Waals surface area contributed by atoms with Crippen LogP contribution in [0.1, 0.15) is 36.8 Å². The second kappa shape index (κ2) is 5.64. The number of rotatable bonds is 3. The van der Waals surface area contributed by atoms with E-state index in [2.05, 4.69) is 49.8 Å². The Labute approximate surface area is 136 Å². The van der Waals surface area contributed by atoms with Crippen LogP contribution in [0.5, 0.6) is 0 Å². The van der Waals surface area contributed by atoms with Crippen molar-refractivity contribution in [2.24, 2.45) is 0 Å². The number of nitrogens with zero attached hydrogens (tertiary/aromatic N) is 5. The number of anilines is 1. The molecule has 2 N–H and O–H groups in total. The van der Waals surface area contributed by atoms with Crippen molar-refractivity contribution in [2.45, 2.75) is 33.2 Å². The highest BCUT2D eigenvalue weighted by Gasteiger charge is 2.18. The molecule has 7 heteroatoms.